The highest BCUT2D eigenvalue weighted by Crippen LogP contribution is 2.66. The quantitative estimate of drug-likeness (QED) is 0.542. The summed E-state index contributed by atoms with van der Waals surface area (Å²) in [6, 6.07) is 0. The highest BCUT2D eigenvalue weighted by Gasteiger charge is 2.53. The number of rotatable bonds is 5. The van der Waals surface area contributed by atoms with Gasteiger partial charge in [-0.05, 0) is 0 Å². The minimum atomic E-state index is 0.664. The summed E-state index contributed by atoms with van der Waals surface area (Å²) in [5, 5.41) is 0.664. The Balaban J connectivity index is 2.43. The van der Waals surface area contributed by atoms with E-state index in [0.717, 1.165) is 11.7 Å². The maximum Gasteiger partial charge on any atom is 0.121 e. The maximum absolute atomic E-state index is 2.60. The van der Waals surface area contributed by atoms with E-state index in [1.165, 1.54) is 25.7 Å². The van der Waals surface area contributed by atoms with Crippen molar-refractivity contribution in [3.05, 3.63) is 0 Å². The molecule has 1 aliphatic rings. The van der Waals surface area contributed by atoms with Crippen molar-refractivity contribution in [3.8, 4) is 0 Å². The molecule has 0 amide bonds. The van der Waals surface area contributed by atoms with Gasteiger partial charge in [-0.2, -0.15) is 0 Å². The molecule has 0 aromatic rings. The van der Waals surface area contributed by atoms with Crippen LogP contribution in [0.5, 0.6) is 0 Å². The van der Waals surface area contributed by atoms with Crippen LogP contribution in [0.1, 0.15) is 53.4 Å². The molecular formula is C11H22B. The Kier molecular flexibility index (Phi) is 3.26. The van der Waals surface area contributed by atoms with Crippen LogP contribution < -0.4 is 0 Å². The summed E-state index contributed by atoms with van der Waals surface area (Å²) in [6.07, 6.45) is 5.53. The number of hydrogen-bond acceptors (Lipinski definition) is 0. The Hall–Kier alpha value is 0.0649. The molecule has 1 heterocycles. The topological polar surface area (TPSA) is 0 Å². The first kappa shape index (κ1) is 10.1. The summed E-state index contributed by atoms with van der Waals surface area (Å²) >= 11 is 0. The second-order valence-electron chi connectivity index (χ2n) is 4.67. The summed E-state index contributed by atoms with van der Waals surface area (Å²) in [5.41, 5.74) is 0. The first-order valence-corrected chi connectivity index (χ1v) is 5.52. The summed E-state index contributed by atoms with van der Waals surface area (Å²) in [7, 11) is 2.60. The van der Waals surface area contributed by atoms with Gasteiger partial charge in [0.25, 0.3) is 0 Å². The molecule has 0 aromatic carbocycles. The SMILES string of the molecule is CCCC1(CCC)[B]C1C(C)C. The van der Waals surface area contributed by atoms with Crippen molar-refractivity contribution in [2.75, 3.05) is 0 Å². The third kappa shape index (κ3) is 1.86. The standard InChI is InChI=1S/C11H22B/c1-5-7-11(8-6-2)10(12-11)9(3)4/h9-10H,5-8H2,1-4H3. The van der Waals surface area contributed by atoms with Gasteiger partial charge in [0.05, 0.1) is 0 Å². The minimum absolute atomic E-state index is 0.664. The van der Waals surface area contributed by atoms with E-state index in [2.05, 4.69) is 35.0 Å². The van der Waals surface area contributed by atoms with Crippen molar-refractivity contribution in [2.24, 2.45) is 5.92 Å². The van der Waals surface area contributed by atoms with Crippen LogP contribution in [-0.4, -0.2) is 7.28 Å². The highest BCUT2D eigenvalue weighted by atomic mass is 14.4. The second kappa shape index (κ2) is 3.85. The third-order valence-corrected chi connectivity index (χ3v) is 3.22. The van der Waals surface area contributed by atoms with Gasteiger partial charge in [-0.1, -0.05) is 70.4 Å². The van der Waals surface area contributed by atoms with Crippen LogP contribution in [0, 0.1) is 5.92 Å². The first-order chi connectivity index (χ1) is 5.66. The highest BCUT2D eigenvalue weighted by molar-refractivity contribution is 6.57. The zero-order valence-corrected chi connectivity index (χ0v) is 9.06. The van der Waals surface area contributed by atoms with E-state index in [9.17, 15) is 0 Å². The van der Waals surface area contributed by atoms with Crippen LogP contribution in [-0.2, 0) is 0 Å². The summed E-state index contributed by atoms with van der Waals surface area (Å²) in [5.74, 6) is 1.79. The monoisotopic (exact) mass is 165 g/mol. The molecule has 69 valence electrons. The van der Waals surface area contributed by atoms with Crippen LogP contribution in [0.25, 0.3) is 0 Å². The molecule has 1 radical (unpaired) electrons. The van der Waals surface area contributed by atoms with Gasteiger partial charge in [0, 0.05) is 0 Å². The summed E-state index contributed by atoms with van der Waals surface area (Å²) in [6.45, 7) is 9.32. The van der Waals surface area contributed by atoms with Crippen LogP contribution in [0.3, 0.4) is 0 Å². The molecule has 0 saturated carbocycles. The van der Waals surface area contributed by atoms with Gasteiger partial charge in [0.15, 0.2) is 0 Å². The van der Waals surface area contributed by atoms with Crippen molar-refractivity contribution in [1.29, 1.82) is 0 Å². The lowest BCUT2D eigenvalue weighted by atomic mass is 9.80. The zero-order chi connectivity index (χ0) is 9.19. The van der Waals surface area contributed by atoms with E-state index in [1.807, 2.05) is 0 Å². The molecule has 1 fully saturated rings. The Labute approximate surface area is 78.4 Å². The van der Waals surface area contributed by atoms with Crippen molar-refractivity contribution in [1.82, 2.24) is 0 Å². The van der Waals surface area contributed by atoms with E-state index in [-0.39, 0.29) is 0 Å². The fourth-order valence-electron chi connectivity index (χ4n) is 2.72. The zero-order valence-electron chi connectivity index (χ0n) is 9.06. The van der Waals surface area contributed by atoms with E-state index < -0.39 is 0 Å². The van der Waals surface area contributed by atoms with Crippen LogP contribution in [0.2, 0.25) is 11.1 Å². The van der Waals surface area contributed by atoms with Gasteiger partial charge in [0.2, 0.25) is 0 Å². The molecule has 0 spiro atoms. The van der Waals surface area contributed by atoms with Gasteiger partial charge in [-0.15, -0.1) is 0 Å². The molecule has 1 aliphatic heterocycles. The molecule has 12 heavy (non-hydrogen) atoms. The van der Waals surface area contributed by atoms with E-state index in [1.54, 1.807) is 0 Å². The van der Waals surface area contributed by atoms with Crippen LogP contribution in [0.4, 0.5) is 0 Å². The van der Waals surface area contributed by atoms with E-state index in [4.69, 9.17) is 0 Å². The van der Waals surface area contributed by atoms with Gasteiger partial charge < -0.3 is 0 Å². The van der Waals surface area contributed by atoms with Crippen molar-refractivity contribution in [2.45, 2.75) is 64.5 Å². The maximum atomic E-state index is 2.60. The third-order valence-electron chi connectivity index (χ3n) is 3.22. The lowest BCUT2D eigenvalue weighted by Crippen LogP contribution is -1.97. The minimum Gasteiger partial charge on any atom is -0.0674 e. The smallest absolute Gasteiger partial charge is 0.0674 e. The van der Waals surface area contributed by atoms with Gasteiger partial charge >= 0.3 is 0 Å². The molecule has 0 N–H and O–H groups in total. The van der Waals surface area contributed by atoms with Crippen molar-refractivity contribution in [3.63, 3.8) is 0 Å². The summed E-state index contributed by atoms with van der Waals surface area (Å²) < 4.78 is 0. The Morgan fingerprint density at radius 3 is 1.92 bits per heavy atom. The lowest BCUT2D eigenvalue weighted by Gasteiger charge is -2.18. The molecule has 1 saturated heterocycles. The fourth-order valence-corrected chi connectivity index (χ4v) is 2.72. The molecule has 1 atom stereocenters. The molecule has 1 heteroatoms. The van der Waals surface area contributed by atoms with Crippen molar-refractivity contribution < 1.29 is 0 Å². The Bertz CT molecular complexity index is 134. The predicted octanol–water partition coefficient (Wildman–Crippen LogP) is 3.91. The Morgan fingerprint density at radius 2 is 1.67 bits per heavy atom. The Morgan fingerprint density at radius 1 is 1.17 bits per heavy atom. The normalized spacial score (nSPS) is 25.6. The number of hydrogen-bond donors (Lipinski definition) is 0. The predicted molar refractivity (Wildman–Crippen MR) is 56.9 cm³/mol. The average Bonchev–Trinajstić information content (AvgIpc) is 2.65. The fraction of sp³-hybridized carbons (Fsp3) is 1.00. The molecule has 0 aliphatic carbocycles. The molecule has 0 aromatic heterocycles. The lowest BCUT2D eigenvalue weighted by molar-refractivity contribution is 0.457. The average molecular weight is 165 g/mol. The molecule has 0 bridgehead atoms. The molecular weight excluding hydrogens is 143 g/mol. The van der Waals surface area contributed by atoms with Gasteiger partial charge in [-0.25, -0.2) is 0 Å². The van der Waals surface area contributed by atoms with E-state index >= 15 is 0 Å². The molecule has 0 nitrogen and oxygen atoms in total. The molecule has 1 rings (SSSR count). The van der Waals surface area contributed by atoms with Crippen LogP contribution in [0.15, 0.2) is 0 Å². The first-order valence-electron chi connectivity index (χ1n) is 5.52. The van der Waals surface area contributed by atoms with Crippen LogP contribution >= 0.6 is 0 Å². The van der Waals surface area contributed by atoms with Gasteiger partial charge in [0.1, 0.15) is 7.28 Å². The summed E-state index contributed by atoms with van der Waals surface area (Å²) in [4.78, 5) is 0. The van der Waals surface area contributed by atoms with Crippen molar-refractivity contribution >= 4 is 7.28 Å². The largest absolute Gasteiger partial charge is 0.121 e. The van der Waals surface area contributed by atoms with E-state index in [0.29, 0.717) is 5.31 Å². The van der Waals surface area contributed by atoms with Gasteiger partial charge in [-0.3, -0.25) is 0 Å². The molecule has 1 unspecified atom stereocenters. The second-order valence-corrected chi connectivity index (χ2v) is 4.67.